The van der Waals surface area contributed by atoms with E-state index in [1.807, 2.05) is 0 Å². The van der Waals surface area contributed by atoms with E-state index in [0.29, 0.717) is 6.04 Å². The van der Waals surface area contributed by atoms with E-state index in [4.69, 9.17) is 5.11 Å². The molecular formula is C8H13NO3. The highest BCUT2D eigenvalue weighted by Crippen LogP contribution is 2.17. The van der Waals surface area contributed by atoms with Gasteiger partial charge in [0.05, 0.1) is 6.42 Å². The molecule has 1 rings (SSSR count). The summed E-state index contributed by atoms with van der Waals surface area (Å²) in [7, 11) is 0. The molecule has 0 spiro atoms. The molecule has 0 aliphatic heterocycles. The molecule has 0 aromatic rings. The molecule has 1 saturated carbocycles. The number of carboxylic acid groups (broad SMARTS) is 1. The van der Waals surface area contributed by atoms with Crippen LogP contribution in [0.5, 0.6) is 0 Å². The van der Waals surface area contributed by atoms with Gasteiger partial charge in [0.15, 0.2) is 0 Å². The number of carboxylic acids is 1. The number of carbonyl (C=O) groups is 2. The van der Waals surface area contributed by atoms with Gasteiger partial charge in [-0.15, -0.1) is 0 Å². The summed E-state index contributed by atoms with van der Waals surface area (Å²) in [5.41, 5.74) is 0. The van der Waals surface area contributed by atoms with E-state index in [2.05, 4.69) is 5.32 Å². The Bertz CT molecular complexity index is 187. The first-order valence-electron chi connectivity index (χ1n) is 4.19. The summed E-state index contributed by atoms with van der Waals surface area (Å²) in [6.07, 6.45) is 3.28. The highest BCUT2D eigenvalue weighted by atomic mass is 16.4. The van der Waals surface area contributed by atoms with Gasteiger partial charge in [-0.25, -0.2) is 0 Å². The van der Waals surface area contributed by atoms with E-state index in [0.717, 1.165) is 12.8 Å². The lowest BCUT2D eigenvalue weighted by molar-refractivity contribution is -0.139. The molecular weight excluding hydrogens is 158 g/mol. The molecule has 68 valence electrons. The van der Waals surface area contributed by atoms with E-state index in [-0.39, 0.29) is 18.7 Å². The number of nitrogens with one attached hydrogen (secondary N) is 1. The molecule has 1 amide bonds. The van der Waals surface area contributed by atoms with Crippen molar-refractivity contribution in [1.29, 1.82) is 0 Å². The molecule has 0 radical (unpaired) electrons. The van der Waals surface area contributed by atoms with Crippen molar-refractivity contribution in [3.63, 3.8) is 0 Å². The number of hydrogen-bond donors (Lipinski definition) is 2. The van der Waals surface area contributed by atoms with Gasteiger partial charge in [-0.1, -0.05) is 0 Å². The Kier molecular flexibility index (Phi) is 3.08. The van der Waals surface area contributed by atoms with Crippen molar-refractivity contribution in [2.24, 2.45) is 0 Å². The van der Waals surface area contributed by atoms with E-state index < -0.39 is 5.97 Å². The third kappa shape index (κ3) is 2.90. The smallest absolute Gasteiger partial charge is 0.303 e. The first-order valence-corrected chi connectivity index (χ1v) is 4.19. The van der Waals surface area contributed by atoms with Gasteiger partial charge in [-0.3, -0.25) is 9.59 Å². The molecule has 2 N–H and O–H groups in total. The van der Waals surface area contributed by atoms with Gasteiger partial charge in [0.25, 0.3) is 0 Å². The van der Waals surface area contributed by atoms with E-state index >= 15 is 0 Å². The number of rotatable bonds is 4. The minimum absolute atomic E-state index is 0.0709. The Balaban J connectivity index is 2.06. The van der Waals surface area contributed by atoms with Crippen molar-refractivity contribution >= 4 is 11.9 Å². The van der Waals surface area contributed by atoms with Gasteiger partial charge in [0, 0.05) is 12.5 Å². The van der Waals surface area contributed by atoms with Crippen molar-refractivity contribution in [3.8, 4) is 0 Å². The fourth-order valence-corrected chi connectivity index (χ4v) is 1.07. The Hall–Kier alpha value is -1.06. The molecule has 4 nitrogen and oxygen atoms in total. The molecule has 0 aromatic carbocycles. The Labute approximate surface area is 71.0 Å². The summed E-state index contributed by atoms with van der Waals surface area (Å²) in [6.45, 7) is 0. The summed E-state index contributed by atoms with van der Waals surface area (Å²) in [5.74, 6) is -1.05. The summed E-state index contributed by atoms with van der Waals surface area (Å²) < 4.78 is 0. The Morgan fingerprint density at radius 1 is 1.33 bits per heavy atom. The molecule has 0 saturated heterocycles. The van der Waals surface area contributed by atoms with Gasteiger partial charge < -0.3 is 10.4 Å². The summed E-state index contributed by atoms with van der Waals surface area (Å²) in [4.78, 5) is 21.1. The van der Waals surface area contributed by atoms with Crippen molar-refractivity contribution < 1.29 is 14.7 Å². The van der Waals surface area contributed by atoms with Gasteiger partial charge in [-0.05, 0) is 19.3 Å². The normalized spacial score (nSPS) is 16.7. The summed E-state index contributed by atoms with van der Waals surface area (Å²) in [6, 6.07) is 0.311. The second-order valence-corrected chi connectivity index (χ2v) is 3.09. The fraction of sp³-hybridized carbons (Fsp3) is 0.750. The van der Waals surface area contributed by atoms with E-state index in [1.54, 1.807) is 0 Å². The van der Waals surface area contributed by atoms with Gasteiger partial charge >= 0.3 is 5.97 Å². The maximum absolute atomic E-state index is 11.0. The second-order valence-electron chi connectivity index (χ2n) is 3.09. The van der Waals surface area contributed by atoms with Crippen LogP contribution in [0.15, 0.2) is 0 Å². The van der Waals surface area contributed by atoms with Gasteiger partial charge in [-0.2, -0.15) is 0 Å². The Morgan fingerprint density at radius 3 is 2.42 bits per heavy atom. The van der Waals surface area contributed by atoms with Gasteiger partial charge in [0.1, 0.15) is 0 Å². The average Bonchev–Trinajstić information content (AvgIpc) is 1.93. The predicted octanol–water partition coefficient (Wildman–Crippen LogP) is 0.520. The standard InChI is InChI=1S/C8H13NO3/c10-7(4-5-8(11)12)9-6-2-1-3-6/h6H,1-5H2,(H,9,10)(H,11,12). The quantitative estimate of drug-likeness (QED) is 0.648. The first-order chi connectivity index (χ1) is 5.68. The van der Waals surface area contributed by atoms with Crippen LogP contribution in [0.3, 0.4) is 0 Å². The number of hydrogen-bond acceptors (Lipinski definition) is 2. The van der Waals surface area contributed by atoms with Crippen LogP contribution in [-0.4, -0.2) is 23.0 Å². The molecule has 4 heteroatoms. The van der Waals surface area contributed by atoms with Crippen LogP contribution < -0.4 is 5.32 Å². The van der Waals surface area contributed by atoms with Crippen molar-refractivity contribution in [2.75, 3.05) is 0 Å². The molecule has 1 aliphatic rings. The van der Waals surface area contributed by atoms with Crippen molar-refractivity contribution in [2.45, 2.75) is 38.1 Å². The number of carbonyl (C=O) groups excluding carboxylic acids is 1. The zero-order chi connectivity index (χ0) is 8.97. The summed E-state index contributed by atoms with van der Waals surface area (Å²) in [5, 5.41) is 11.1. The molecule has 1 fully saturated rings. The van der Waals surface area contributed by atoms with Crippen LogP contribution in [-0.2, 0) is 9.59 Å². The predicted molar refractivity (Wildman–Crippen MR) is 42.7 cm³/mol. The third-order valence-corrected chi connectivity index (χ3v) is 2.04. The summed E-state index contributed by atoms with van der Waals surface area (Å²) >= 11 is 0. The largest absolute Gasteiger partial charge is 0.481 e. The van der Waals surface area contributed by atoms with Crippen LogP contribution in [0.2, 0.25) is 0 Å². The van der Waals surface area contributed by atoms with Crippen LogP contribution in [0.4, 0.5) is 0 Å². The van der Waals surface area contributed by atoms with Crippen LogP contribution >= 0.6 is 0 Å². The first kappa shape index (κ1) is 9.03. The van der Waals surface area contributed by atoms with Crippen LogP contribution in [0, 0.1) is 0 Å². The fourth-order valence-electron chi connectivity index (χ4n) is 1.07. The minimum atomic E-state index is -0.918. The molecule has 0 bridgehead atoms. The lowest BCUT2D eigenvalue weighted by atomic mass is 9.93. The number of aliphatic carboxylic acids is 1. The minimum Gasteiger partial charge on any atom is -0.481 e. The maximum Gasteiger partial charge on any atom is 0.303 e. The second kappa shape index (κ2) is 4.09. The number of amides is 1. The molecule has 1 aliphatic carbocycles. The average molecular weight is 171 g/mol. The monoisotopic (exact) mass is 171 g/mol. The van der Waals surface area contributed by atoms with Crippen LogP contribution in [0.1, 0.15) is 32.1 Å². The van der Waals surface area contributed by atoms with E-state index in [1.165, 1.54) is 6.42 Å². The van der Waals surface area contributed by atoms with Crippen LogP contribution in [0.25, 0.3) is 0 Å². The highest BCUT2D eigenvalue weighted by Gasteiger charge is 2.19. The third-order valence-electron chi connectivity index (χ3n) is 2.04. The zero-order valence-corrected chi connectivity index (χ0v) is 6.88. The maximum atomic E-state index is 11.0. The molecule has 12 heavy (non-hydrogen) atoms. The highest BCUT2D eigenvalue weighted by molar-refractivity contribution is 5.80. The van der Waals surface area contributed by atoms with Crippen molar-refractivity contribution in [1.82, 2.24) is 5.32 Å². The van der Waals surface area contributed by atoms with Crippen molar-refractivity contribution in [3.05, 3.63) is 0 Å². The molecule has 0 heterocycles. The topological polar surface area (TPSA) is 66.4 Å². The van der Waals surface area contributed by atoms with Gasteiger partial charge in [0.2, 0.25) is 5.91 Å². The Morgan fingerprint density at radius 2 is 2.00 bits per heavy atom. The SMILES string of the molecule is O=C(O)CCC(=O)NC1CCC1. The lowest BCUT2D eigenvalue weighted by Gasteiger charge is -2.26. The zero-order valence-electron chi connectivity index (χ0n) is 6.88. The lowest BCUT2D eigenvalue weighted by Crippen LogP contribution is -2.39. The van der Waals surface area contributed by atoms with E-state index in [9.17, 15) is 9.59 Å². The molecule has 0 aromatic heterocycles. The molecule has 0 atom stereocenters. The molecule has 0 unspecified atom stereocenters.